The molecule has 4 rings (SSSR count). The fourth-order valence-corrected chi connectivity index (χ4v) is 4.41. The summed E-state index contributed by atoms with van der Waals surface area (Å²) in [6, 6.07) is 13.2. The van der Waals surface area contributed by atoms with Crippen LogP contribution in [0.1, 0.15) is 36.5 Å². The van der Waals surface area contributed by atoms with Crippen LogP contribution in [0.15, 0.2) is 48.2 Å². The molecule has 0 aromatic heterocycles. The Kier molecular flexibility index (Phi) is 5.37. The maximum atomic E-state index is 13.7. The van der Waals surface area contributed by atoms with Crippen LogP contribution >= 0.6 is 0 Å². The van der Waals surface area contributed by atoms with E-state index in [9.17, 15) is 9.59 Å². The summed E-state index contributed by atoms with van der Waals surface area (Å²) in [6.07, 6.45) is 2.02. The molecule has 0 spiro atoms. The predicted molar refractivity (Wildman–Crippen MR) is 118 cm³/mol. The highest BCUT2D eigenvalue weighted by Gasteiger charge is 2.44. The molecule has 0 N–H and O–H groups in total. The van der Waals surface area contributed by atoms with Crippen molar-refractivity contribution >= 4 is 23.1 Å². The van der Waals surface area contributed by atoms with Gasteiger partial charge in [-0.3, -0.25) is 9.59 Å². The highest BCUT2D eigenvalue weighted by molar-refractivity contribution is 6.45. The summed E-state index contributed by atoms with van der Waals surface area (Å²) in [5.41, 5.74) is 4.24. The Hall–Kier alpha value is -3.08. The molecule has 30 heavy (non-hydrogen) atoms. The van der Waals surface area contributed by atoms with Crippen LogP contribution in [0.25, 0.3) is 5.57 Å². The first-order valence-electron chi connectivity index (χ1n) is 10.5. The largest absolute Gasteiger partial charge is 0.496 e. The average Bonchev–Trinajstić information content (AvgIpc) is 2.99. The zero-order chi connectivity index (χ0) is 21.4. The van der Waals surface area contributed by atoms with Crippen LogP contribution in [0, 0.1) is 19.8 Å². The third kappa shape index (κ3) is 3.38. The van der Waals surface area contributed by atoms with Gasteiger partial charge < -0.3 is 9.64 Å². The highest BCUT2D eigenvalue weighted by atomic mass is 16.5. The van der Waals surface area contributed by atoms with Crippen molar-refractivity contribution in [1.82, 2.24) is 4.90 Å². The van der Waals surface area contributed by atoms with E-state index in [0.29, 0.717) is 34.2 Å². The number of hydrogen-bond acceptors (Lipinski definition) is 4. The molecule has 0 saturated carbocycles. The number of nitrogens with zero attached hydrogens (tertiary/aromatic N) is 2. The molecule has 5 nitrogen and oxygen atoms in total. The summed E-state index contributed by atoms with van der Waals surface area (Å²) in [5, 5.41) is 0. The summed E-state index contributed by atoms with van der Waals surface area (Å²) in [7, 11) is 1.59. The number of carbonyl (C=O) groups excluding carboxylic acids is 2. The number of piperidine rings is 1. The van der Waals surface area contributed by atoms with E-state index in [1.54, 1.807) is 7.11 Å². The molecular weight excluding hydrogens is 376 g/mol. The van der Waals surface area contributed by atoms with Crippen molar-refractivity contribution in [2.75, 3.05) is 25.1 Å². The Labute approximate surface area is 177 Å². The van der Waals surface area contributed by atoms with Gasteiger partial charge in [0.2, 0.25) is 0 Å². The number of likely N-dealkylation sites (tertiary alicyclic amines) is 1. The van der Waals surface area contributed by atoms with Crippen LogP contribution in [-0.4, -0.2) is 36.9 Å². The lowest BCUT2D eigenvalue weighted by Crippen LogP contribution is -2.38. The van der Waals surface area contributed by atoms with Crippen molar-refractivity contribution in [3.05, 3.63) is 64.9 Å². The van der Waals surface area contributed by atoms with Crippen molar-refractivity contribution in [3.63, 3.8) is 0 Å². The van der Waals surface area contributed by atoms with E-state index in [2.05, 4.69) is 11.8 Å². The summed E-state index contributed by atoms with van der Waals surface area (Å²) >= 11 is 0. The van der Waals surface area contributed by atoms with E-state index < -0.39 is 0 Å². The average molecular weight is 405 g/mol. The van der Waals surface area contributed by atoms with Crippen LogP contribution in [0.3, 0.4) is 0 Å². The molecule has 2 aliphatic heterocycles. The Balaban J connectivity index is 1.86. The van der Waals surface area contributed by atoms with Gasteiger partial charge in [0.1, 0.15) is 11.4 Å². The van der Waals surface area contributed by atoms with E-state index in [0.717, 1.165) is 37.1 Å². The third-order valence-electron chi connectivity index (χ3n) is 6.13. The Morgan fingerprint density at radius 3 is 2.33 bits per heavy atom. The zero-order valence-electron chi connectivity index (χ0n) is 18.1. The molecule has 2 aliphatic rings. The second kappa shape index (κ2) is 7.98. The second-order valence-electron chi connectivity index (χ2n) is 8.33. The fourth-order valence-electron chi connectivity index (χ4n) is 4.41. The number of para-hydroxylation sites is 1. The predicted octanol–water partition coefficient (Wildman–Crippen LogP) is 4.33. The second-order valence-corrected chi connectivity index (χ2v) is 8.33. The Morgan fingerprint density at radius 1 is 0.967 bits per heavy atom. The quantitative estimate of drug-likeness (QED) is 0.712. The molecule has 0 bridgehead atoms. The number of anilines is 1. The highest BCUT2D eigenvalue weighted by Crippen LogP contribution is 2.40. The smallest absolute Gasteiger partial charge is 0.282 e. The van der Waals surface area contributed by atoms with Gasteiger partial charge in [-0.15, -0.1) is 0 Å². The van der Waals surface area contributed by atoms with Crippen molar-refractivity contribution in [2.24, 2.45) is 5.92 Å². The number of benzene rings is 2. The number of amides is 2. The number of imide groups is 1. The van der Waals surface area contributed by atoms with Crippen LogP contribution < -0.4 is 9.64 Å². The molecule has 0 unspecified atom stereocenters. The minimum absolute atomic E-state index is 0.248. The first kappa shape index (κ1) is 20.2. The fraction of sp³-hybridized carbons (Fsp3) is 0.360. The maximum absolute atomic E-state index is 13.7. The lowest BCUT2D eigenvalue weighted by atomic mass is 9.97. The Bertz CT molecular complexity index is 1030. The van der Waals surface area contributed by atoms with Gasteiger partial charge >= 0.3 is 0 Å². The molecule has 2 aromatic rings. The number of rotatable bonds is 4. The number of ether oxygens (including phenoxy) is 1. The van der Waals surface area contributed by atoms with Gasteiger partial charge in [-0.2, -0.15) is 0 Å². The minimum atomic E-state index is -0.287. The first-order valence-corrected chi connectivity index (χ1v) is 10.5. The molecule has 0 aliphatic carbocycles. The normalized spacial score (nSPS) is 17.9. The molecule has 0 radical (unpaired) electrons. The van der Waals surface area contributed by atoms with E-state index >= 15 is 0 Å². The van der Waals surface area contributed by atoms with Crippen LogP contribution in [0.2, 0.25) is 0 Å². The Morgan fingerprint density at radius 2 is 1.67 bits per heavy atom. The van der Waals surface area contributed by atoms with Crippen molar-refractivity contribution in [3.8, 4) is 5.75 Å². The van der Waals surface area contributed by atoms with Crippen LogP contribution in [0.4, 0.5) is 5.69 Å². The molecular formula is C25H28N2O3. The van der Waals surface area contributed by atoms with E-state index in [4.69, 9.17) is 4.74 Å². The molecule has 0 atom stereocenters. The van der Waals surface area contributed by atoms with Gasteiger partial charge in [0, 0.05) is 18.7 Å². The summed E-state index contributed by atoms with van der Waals surface area (Å²) in [4.78, 5) is 30.8. The SMILES string of the molecule is COc1ccccc1C1=C(N2CCC(C)CC2)C(=O)N(c2ccc(C)cc2C)C1=O. The number of carbonyl (C=O) groups is 2. The van der Waals surface area contributed by atoms with E-state index in [1.807, 2.05) is 56.3 Å². The lowest BCUT2D eigenvalue weighted by Gasteiger charge is -2.32. The van der Waals surface area contributed by atoms with Gasteiger partial charge in [-0.05, 0) is 50.3 Å². The molecule has 1 saturated heterocycles. The summed E-state index contributed by atoms with van der Waals surface area (Å²) in [6.45, 7) is 7.72. The van der Waals surface area contributed by atoms with Gasteiger partial charge in [-0.1, -0.05) is 42.8 Å². The molecule has 156 valence electrons. The van der Waals surface area contributed by atoms with E-state index in [1.165, 1.54) is 4.90 Å². The van der Waals surface area contributed by atoms with E-state index in [-0.39, 0.29) is 11.8 Å². The maximum Gasteiger partial charge on any atom is 0.282 e. The standard InChI is InChI=1S/C25H28N2O3/c1-16-11-13-26(14-12-16)23-22(19-7-5-6-8-21(19)30-4)24(28)27(25(23)29)20-10-9-17(2)15-18(20)3/h5-10,15-16H,11-14H2,1-4H3. The third-order valence-corrected chi connectivity index (χ3v) is 6.13. The van der Waals surface area contributed by atoms with Crippen molar-refractivity contribution in [2.45, 2.75) is 33.6 Å². The van der Waals surface area contributed by atoms with Gasteiger partial charge in [0.25, 0.3) is 11.8 Å². The number of methoxy groups -OCH3 is 1. The van der Waals surface area contributed by atoms with Gasteiger partial charge in [0.05, 0.1) is 18.4 Å². The monoisotopic (exact) mass is 404 g/mol. The molecule has 1 fully saturated rings. The van der Waals surface area contributed by atoms with Gasteiger partial charge in [-0.25, -0.2) is 4.90 Å². The molecule has 2 aromatic carbocycles. The zero-order valence-corrected chi connectivity index (χ0v) is 18.1. The summed E-state index contributed by atoms with van der Waals surface area (Å²) < 4.78 is 5.54. The van der Waals surface area contributed by atoms with Crippen molar-refractivity contribution < 1.29 is 14.3 Å². The van der Waals surface area contributed by atoms with Crippen molar-refractivity contribution in [1.29, 1.82) is 0 Å². The number of hydrogen-bond donors (Lipinski definition) is 0. The molecule has 5 heteroatoms. The topological polar surface area (TPSA) is 49.9 Å². The van der Waals surface area contributed by atoms with Gasteiger partial charge in [0.15, 0.2) is 0 Å². The van der Waals surface area contributed by atoms with Crippen LogP contribution in [-0.2, 0) is 9.59 Å². The summed E-state index contributed by atoms with van der Waals surface area (Å²) in [5.74, 6) is 0.686. The first-order chi connectivity index (χ1) is 14.4. The lowest BCUT2D eigenvalue weighted by molar-refractivity contribution is -0.120. The number of aryl methyl sites for hydroxylation is 2. The molecule has 2 heterocycles. The molecule has 2 amide bonds. The minimum Gasteiger partial charge on any atom is -0.496 e. The van der Waals surface area contributed by atoms with Crippen LogP contribution in [0.5, 0.6) is 5.75 Å².